The summed E-state index contributed by atoms with van der Waals surface area (Å²) in [6, 6.07) is 3.01. The quantitative estimate of drug-likeness (QED) is 0.402. The van der Waals surface area contributed by atoms with Crippen LogP contribution in [-0.4, -0.2) is 50.3 Å². The second-order valence-electron chi connectivity index (χ2n) is 4.74. The van der Waals surface area contributed by atoms with Crippen LogP contribution < -0.4 is 10.1 Å². The summed E-state index contributed by atoms with van der Waals surface area (Å²) in [5.74, 6) is -0.793. The summed E-state index contributed by atoms with van der Waals surface area (Å²) in [6.45, 7) is 1.89. The first-order chi connectivity index (χ1) is 11.4. The Morgan fingerprint density at radius 2 is 2.04 bits per heavy atom. The van der Waals surface area contributed by atoms with E-state index in [1.54, 1.807) is 6.92 Å². The van der Waals surface area contributed by atoms with Gasteiger partial charge in [0.15, 0.2) is 0 Å². The lowest BCUT2D eigenvalue weighted by molar-refractivity contribution is -0.384. The predicted molar refractivity (Wildman–Crippen MR) is 83.8 cm³/mol. The number of ether oxygens (including phenoxy) is 3. The topological polar surface area (TPSA) is 117 Å². The van der Waals surface area contributed by atoms with Gasteiger partial charge in [0.2, 0.25) is 5.91 Å². The van der Waals surface area contributed by atoms with Crippen LogP contribution in [0.15, 0.2) is 18.2 Å². The van der Waals surface area contributed by atoms with Gasteiger partial charge in [-0.1, -0.05) is 0 Å². The van der Waals surface area contributed by atoms with E-state index in [-0.39, 0.29) is 18.7 Å². The maximum absolute atomic E-state index is 11.9. The molecule has 1 atom stereocenters. The Labute approximate surface area is 139 Å². The van der Waals surface area contributed by atoms with Gasteiger partial charge >= 0.3 is 5.97 Å². The normalized spacial score (nSPS) is 11.5. The molecule has 1 aromatic carbocycles. The minimum atomic E-state index is -1.01. The van der Waals surface area contributed by atoms with E-state index in [0.717, 1.165) is 0 Å². The lowest BCUT2D eigenvalue weighted by atomic mass is 10.0. The standard InChI is InChI=1S/C15H20N2O7/c1-4-24-9-14(18)16-12(15(19)23-3)8-10-7-11(17(20)21)5-6-13(10)22-2/h5-7,12H,4,8-9H2,1-3H3,(H,16,18)/t12-/m0/s1. The van der Waals surface area contributed by atoms with Crippen molar-refractivity contribution in [2.24, 2.45) is 0 Å². The van der Waals surface area contributed by atoms with E-state index in [0.29, 0.717) is 17.9 Å². The third-order valence-electron chi connectivity index (χ3n) is 3.16. The minimum absolute atomic E-state index is 0.0185. The highest BCUT2D eigenvalue weighted by molar-refractivity contribution is 5.85. The number of methoxy groups -OCH3 is 2. The Kier molecular flexibility index (Phi) is 7.63. The van der Waals surface area contributed by atoms with E-state index in [1.165, 1.54) is 32.4 Å². The molecular formula is C15H20N2O7. The maximum Gasteiger partial charge on any atom is 0.328 e. The zero-order valence-electron chi connectivity index (χ0n) is 13.7. The summed E-state index contributed by atoms with van der Waals surface area (Å²) in [6.07, 6.45) is -0.0185. The Morgan fingerprint density at radius 3 is 2.58 bits per heavy atom. The molecule has 1 aromatic rings. The van der Waals surface area contributed by atoms with Crippen molar-refractivity contribution in [3.63, 3.8) is 0 Å². The van der Waals surface area contributed by atoms with E-state index in [1.807, 2.05) is 0 Å². The van der Waals surface area contributed by atoms with Crippen molar-refractivity contribution >= 4 is 17.6 Å². The summed E-state index contributed by atoms with van der Waals surface area (Å²) < 4.78 is 14.8. The minimum Gasteiger partial charge on any atom is -0.496 e. The number of nitrogens with one attached hydrogen (secondary N) is 1. The average molecular weight is 340 g/mol. The molecule has 0 fully saturated rings. The van der Waals surface area contributed by atoms with Gasteiger partial charge in [-0.2, -0.15) is 0 Å². The number of amides is 1. The average Bonchev–Trinajstić information content (AvgIpc) is 2.58. The van der Waals surface area contributed by atoms with Gasteiger partial charge in [0.25, 0.3) is 5.69 Å². The molecule has 0 aromatic heterocycles. The molecule has 1 rings (SSSR count). The van der Waals surface area contributed by atoms with Gasteiger partial charge in [-0.25, -0.2) is 4.79 Å². The van der Waals surface area contributed by atoms with Gasteiger partial charge in [-0.3, -0.25) is 14.9 Å². The molecule has 0 saturated heterocycles. The van der Waals surface area contributed by atoms with Crippen LogP contribution in [0.3, 0.4) is 0 Å². The van der Waals surface area contributed by atoms with E-state index in [2.05, 4.69) is 10.1 Å². The monoisotopic (exact) mass is 340 g/mol. The smallest absolute Gasteiger partial charge is 0.328 e. The molecule has 9 heteroatoms. The van der Waals surface area contributed by atoms with Crippen LogP contribution in [0.2, 0.25) is 0 Å². The number of hydrogen-bond acceptors (Lipinski definition) is 7. The van der Waals surface area contributed by atoms with Gasteiger partial charge in [-0.05, 0) is 13.0 Å². The molecule has 0 unspecified atom stereocenters. The van der Waals surface area contributed by atoms with E-state index in [9.17, 15) is 19.7 Å². The summed E-state index contributed by atoms with van der Waals surface area (Å²) >= 11 is 0. The molecule has 9 nitrogen and oxygen atoms in total. The molecule has 0 aliphatic rings. The van der Waals surface area contributed by atoms with Gasteiger partial charge < -0.3 is 19.5 Å². The van der Waals surface area contributed by atoms with Crippen LogP contribution in [0, 0.1) is 10.1 Å². The largest absolute Gasteiger partial charge is 0.496 e. The molecule has 0 bridgehead atoms. The van der Waals surface area contributed by atoms with Crippen molar-refractivity contribution in [3.05, 3.63) is 33.9 Å². The molecule has 0 radical (unpaired) electrons. The second-order valence-corrected chi connectivity index (χ2v) is 4.74. The van der Waals surface area contributed by atoms with E-state index < -0.39 is 22.8 Å². The fourth-order valence-corrected chi connectivity index (χ4v) is 2.02. The maximum atomic E-state index is 11.9. The Morgan fingerprint density at radius 1 is 1.33 bits per heavy atom. The zero-order chi connectivity index (χ0) is 18.1. The van der Waals surface area contributed by atoms with Crippen molar-refractivity contribution in [1.82, 2.24) is 5.32 Å². The highest BCUT2D eigenvalue weighted by atomic mass is 16.6. The van der Waals surface area contributed by atoms with E-state index in [4.69, 9.17) is 9.47 Å². The van der Waals surface area contributed by atoms with Crippen molar-refractivity contribution in [2.75, 3.05) is 27.4 Å². The van der Waals surface area contributed by atoms with Crippen molar-refractivity contribution < 1.29 is 28.7 Å². The summed E-state index contributed by atoms with van der Waals surface area (Å²) in [4.78, 5) is 34.0. The van der Waals surface area contributed by atoms with Gasteiger partial charge in [0.05, 0.1) is 19.1 Å². The number of nitro benzene ring substituents is 1. The molecule has 0 aliphatic carbocycles. The van der Waals surface area contributed by atoms with Crippen LogP contribution in [0.5, 0.6) is 5.75 Å². The Balaban J connectivity index is 3.00. The molecule has 0 aliphatic heterocycles. The summed E-state index contributed by atoms with van der Waals surface area (Å²) in [5, 5.41) is 13.4. The molecule has 0 saturated carbocycles. The lowest BCUT2D eigenvalue weighted by Gasteiger charge is -2.18. The van der Waals surface area contributed by atoms with Crippen LogP contribution in [-0.2, 0) is 25.5 Å². The Bertz CT molecular complexity index is 603. The molecule has 0 spiro atoms. The molecule has 1 amide bonds. The first kappa shape index (κ1) is 19.4. The highest BCUT2D eigenvalue weighted by Gasteiger charge is 2.24. The number of nitro groups is 1. The number of esters is 1. The molecule has 0 heterocycles. The molecule has 1 N–H and O–H groups in total. The SMILES string of the molecule is CCOCC(=O)N[C@@H](Cc1cc([N+](=O)[O-])ccc1OC)C(=O)OC. The van der Waals surface area contributed by atoms with Crippen LogP contribution in [0.25, 0.3) is 0 Å². The number of non-ortho nitro benzene ring substituents is 1. The number of carbonyl (C=O) groups excluding carboxylic acids is 2. The number of hydrogen-bond donors (Lipinski definition) is 1. The van der Waals surface area contributed by atoms with Crippen LogP contribution in [0.4, 0.5) is 5.69 Å². The highest BCUT2D eigenvalue weighted by Crippen LogP contribution is 2.25. The third-order valence-corrected chi connectivity index (χ3v) is 3.16. The van der Waals surface area contributed by atoms with Gasteiger partial charge in [0.1, 0.15) is 18.4 Å². The van der Waals surface area contributed by atoms with Gasteiger partial charge in [-0.15, -0.1) is 0 Å². The molecule has 132 valence electrons. The lowest BCUT2D eigenvalue weighted by Crippen LogP contribution is -2.44. The van der Waals surface area contributed by atoms with Crippen LogP contribution in [0.1, 0.15) is 12.5 Å². The fraction of sp³-hybridized carbons (Fsp3) is 0.467. The Hall–Kier alpha value is -2.68. The van der Waals surface area contributed by atoms with E-state index >= 15 is 0 Å². The second kappa shape index (κ2) is 9.46. The summed E-state index contributed by atoms with van der Waals surface area (Å²) in [7, 11) is 2.60. The molecule has 24 heavy (non-hydrogen) atoms. The third kappa shape index (κ3) is 5.51. The first-order valence-corrected chi connectivity index (χ1v) is 7.19. The number of benzene rings is 1. The predicted octanol–water partition coefficient (Wildman–Crippen LogP) is 0.840. The van der Waals surface area contributed by atoms with Crippen molar-refractivity contribution in [2.45, 2.75) is 19.4 Å². The first-order valence-electron chi connectivity index (χ1n) is 7.19. The zero-order valence-corrected chi connectivity index (χ0v) is 13.7. The van der Waals surface area contributed by atoms with Crippen molar-refractivity contribution in [1.29, 1.82) is 0 Å². The number of nitrogens with zero attached hydrogens (tertiary/aromatic N) is 1. The fourth-order valence-electron chi connectivity index (χ4n) is 2.02. The number of carbonyl (C=O) groups is 2. The van der Waals surface area contributed by atoms with Gasteiger partial charge in [0, 0.05) is 30.7 Å². The number of rotatable bonds is 9. The molecular weight excluding hydrogens is 320 g/mol. The summed E-state index contributed by atoms with van der Waals surface area (Å²) in [5.41, 5.74) is 0.258. The van der Waals surface area contributed by atoms with Crippen molar-refractivity contribution in [3.8, 4) is 5.75 Å². The van der Waals surface area contributed by atoms with Crippen LogP contribution >= 0.6 is 0 Å².